The zero-order chi connectivity index (χ0) is 14.8. The number of hydrogen-bond donors (Lipinski definition) is 0. The Labute approximate surface area is 126 Å². The van der Waals surface area contributed by atoms with Crippen LogP contribution < -0.4 is 14.4 Å². The number of aryl methyl sites for hydroxylation is 2. The average molecular weight is 283 g/mol. The van der Waals surface area contributed by atoms with Gasteiger partial charge in [-0.1, -0.05) is 6.07 Å². The van der Waals surface area contributed by atoms with Crippen molar-refractivity contribution in [2.45, 2.75) is 27.3 Å². The zero-order valence-corrected chi connectivity index (χ0v) is 12.8. The molecule has 1 aliphatic rings. The summed E-state index contributed by atoms with van der Waals surface area (Å²) in [4.78, 5) is 2.25. The van der Waals surface area contributed by atoms with Crippen molar-refractivity contribution >= 4 is 5.69 Å². The van der Waals surface area contributed by atoms with Crippen molar-refractivity contribution in [1.29, 1.82) is 0 Å². The Bertz CT molecular complexity index is 631. The third-order valence-corrected chi connectivity index (χ3v) is 3.65. The summed E-state index contributed by atoms with van der Waals surface area (Å²) < 4.78 is 11.5. The van der Waals surface area contributed by atoms with Gasteiger partial charge in [-0.3, -0.25) is 0 Å². The van der Waals surface area contributed by atoms with Crippen LogP contribution >= 0.6 is 0 Å². The second-order valence-corrected chi connectivity index (χ2v) is 5.52. The highest BCUT2D eigenvalue weighted by molar-refractivity contribution is 5.54. The monoisotopic (exact) mass is 283 g/mol. The summed E-state index contributed by atoms with van der Waals surface area (Å²) in [6, 6.07) is 12.6. The lowest BCUT2D eigenvalue weighted by Crippen LogP contribution is -2.31. The van der Waals surface area contributed by atoms with Gasteiger partial charge < -0.3 is 14.4 Å². The van der Waals surface area contributed by atoms with E-state index in [0.717, 1.165) is 18.0 Å². The Kier molecular flexibility index (Phi) is 3.74. The Hall–Kier alpha value is -2.16. The highest BCUT2D eigenvalue weighted by Crippen LogP contribution is 2.31. The van der Waals surface area contributed by atoms with Crippen molar-refractivity contribution in [3.8, 4) is 11.5 Å². The second kappa shape index (κ2) is 5.68. The molecule has 0 unspecified atom stereocenters. The van der Waals surface area contributed by atoms with Crippen LogP contribution in [0, 0.1) is 13.8 Å². The van der Waals surface area contributed by atoms with E-state index in [-0.39, 0.29) is 0 Å². The van der Waals surface area contributed by atoms with Gasteiger partial charge in [0, 0.05) is 17.8 Å². The minimum Gasteiger partial charge on any atom is -0.494 e. The van der Waals surface area contributed by atoms with Gasteiger partial charge in [0.2, 0.25) is 0 Å². The summed E-state index contributed by atoms with van der Waals surface area (Å²) in [5.74, 6) is 1.86. The highest BCUT2D eigenvalue weighted by atomic mass is 16.5. The first-order valence-electron chi connectivity index (χ1n) is 7.37. The fourth-order valence-electron chi connectivity index (χ4n) is 2.77. The van der Waals surface area contributed by atoms with Gasteiger partial charge in [0.05, 0.1) is 6.61 Å². The summed E-state index contributed by atoms with van der Waals surface area (Å²) in [7, 11) is 0. The minimum absolute atomic E-state index is 0.587. The zero-order valence-electron chi connectivity index (χ0n) is 12.8. The number of benzene rings is 2. The summed E-state index contributed by atoms with van der Waals surface area (Å²) >= 11 is 0. The van der Waals surface area contributed by atoms with Gasteiger partial charge in [-0.15, -0.1) is 0 Å². The fraction of sp³-hybridized carbons (Fsp3) is 0.333. The van der Waals surface area contributed by atoms with Gasteiger partial charge in [0.25, 0.3) is 0 Å². The van der Waals surface area contributed by atoms with Gasteiger partial charge >= 0.3 is 0 Å². The first-order chi connectivity index (χ1) is 10.2. The highest BCUT2D eigenvalue weighted by Gasteiger charge is 2.18. The van der Waals surface area contributed by atoms with Gasteiger partial charge in [-0.2, -0.15) is 0 Å². The molecule has 1 aliphatic heterocycles. The Morgan fingerprint density at radius 1 is 1.10 bits per heavy atom. The van der Waals surface area contributed by atoms with Crippen LogP contribution in [0.1, 0.15) is 23.6 Å². The van der Waals surface area contributed by atoms with Crippen LogP contribution in [-0.2, 0) is 6.54 Å². The largest absolute Gasteiger partial charge is 0.494 e. The number of anilines is 1. The molecule has 0 saturated carbocycles. The third kappa shape index (κ3) is 2.97. The Morgan fingerprint density at radius 2 is 1.86 bits per heavy atom. The maximum absolute atomic E-state index is 5.87. The smallest absolute Gasteiger partial charge is 0.161 e. The molecule has 0 saturated heterocycles. The lowest BCUT2D eigenvalue weighted by Gasteiger charge is -2.31. The van der Waals surface area contributed by atoms with E-state index in [4.69, 9.17) is 9.47 Å². The van der Waals surface area contributed by atoms with Crippen molar-refractivity contribution in [3.05, 3.63) is 53.1 Å². The Morgan fingerprint density at radius 3 is 2.57 bits per heavy atom. The molecule has 0 fully saturated rings. The molecule has 0 N–H and O–H groups in total. The van der Waals surface area contributed by atoms with Gasteiger partial charge in [0.1, 0.15) is 11.5 Å². The molecule has 0 bridgehead atoms. The van der Waals surface area contributed by atoms with Crippen LogP contribution in [0.2, 0.25) is 0 Å². The lowest BCUT2D eigenvalue weighted by atomic mass is 10.1. The topological polar surface area (TPSA) is 21.7 Å². The van der Waals surface area contributed by atoms with E-state index in [2.05, 4.69) is 43.0 Å². The number of ether oxygens (including phenoxy) is 2. The normalized spacial score (nSPS) is 13.6. The molecule has 3 nitrogen and oxygen atoms in total. The van der Waals surface area contributed by atoms with Crippen molar-refractivity contribution in [2.24, 2.45) is 0 Å². The molecule has 110 valence electrons. The lowest BCUT2D eigenvalue weighted by molar-refractivity contribution is 0.286. The predicted molar refractivity (Wildman–Crippen MR) is 85.2 cm³/mol. The van der Waals surface area contributed by atoms with E-state index >= 15 is 0 Å². The van der Waals surface area contributed by atoms with Crippen molar-refractivity contribution in [3.63, 3.8) is 0 Å². The molecule has 0 atom stereocenters. The molecule has 2 aromatic rings. The molecule has 0 aromatic heterocycles. The van der Waals surface area contributed by atoms with E-state index in [9.17, 15) is 0 Å². The summed E-state index contributed by atoms with van der Waals surface area (Å²) in [5.41, 5.74) is 4.93. The number of fused-ring (bicyclic) bond motifs is 1. The van der Waals surface area contributed by atoms with Crippen molar-refractivity contribution in [2.75, 3.05) is 18.2 Å². The van der Waals surface area contributed by atoms with Gasteiger partial charge in [0.15, 0.2) is 6.73 Å². The van der Waals surface area contributed by atoms with Crippen LogP contribution in [0.4, 0.5) is 5.69 Å². The SMILES string of the molecule is CCOc1ccc2c(c1)CN(c1cc(C)cc(C)c1)CO2. The van der Waals surface area contributed by atoms with Crippen LogP contribution in [0.25, 0.3) is 0 Å². The first kappa shape index (κ1) is 13.8. The molecule has 0 amide bonds. The number of rotatable bonds is 3. The summed E-state index contributed by atoms with van der Waals surface area (Å²) in [5, 5.41) is 0. The summed E-state index contributed by atoms with van der Waals surface area (Å²) in [6.07, 6.45) is 0. The minimum atomic E-state index is 0.587. The molecule has 0 spiro atoms. The average Bonchev–Trinajstić information content (AvgIpc) is 2.46. The second-order valence-electron chi connectivity index (χ2n) is 5.52. The van der Waals surface area contributed by atoms with E-state index < -0.39 is 0 Å². The van der Waals surface area contributed by atoms with Crippen molar-refractivity contribution < 1.29 is 9.47 Å². The molecule has 0 radical (unpaired) electrons. The van der Waals surface area contributed by atoms with Crippen LogP contribution in [0.5, 0.6) is 11.5 Å². The maximum atomic E-state index is 5.87. The number of nitrogens with zero attached hydrogens (tertiary/aromatic N) is 1. The molecule has 2 aromatic carbocycles. The van der Waals surface area contributed by atoms with Gasteiger partial charge in [-0.25, -0.2) is 0 Å². The van der Waals surface area contributed by atoms with Crippen LogP contribution in [0.3, 0.4) is 0 Å². The van der Waals surface area contributed by atoms with Crippen molar-refractivity contribution in [1.82, 2.24) is 0 Å². The molecule has 3 rings (SSSR count). The summed E-state index contributed by atoms with van der Waals surface area (Å²) in [6.45, 7) is 8.37. The van der Waals surface area contributed by atoms with E-state index in [1.165, 1.54) is 22.4 Å². The Balaban J connectivity index is 1.87. The third-order valence-electron chi connectivity index (χ3n) is 3.65. The maximum Gasteiger partial charge on any atom is 0.161 e. The predicted octanol–water partition coefficient (Wildman–Crippen LogP) is 4.06. The number of hydrogen-bond acceptors (Lipinski definition) is 3. The fourth-order valence-corrected chi connectivity index (χ4v) is 2.77. The van der Waals surface area contributed by atoms with Crippen LogP contribution in [0.15, 0.2) is 36.4 Å². The molecular weight excluding hydrogens is 262 g/mol. The first-order valence-corrected chi connectivity index (χ1v) is 7.37. The van der Waals surface area contributed by atoms with E-state index in [0.29, 0.717) is 13.3 Å². The molecule has 0 aliphatic carbocycles. The van der Waals surface area contributed by atoms with E-state index in [1.807, 2.05) is 19.1 Å². The molecule has 3 heteroatoms. The molecule has 1 heterocycles. The molecule has 21 heavy (non-hydrogen) atoms. The standard InChI is InChI=1S/C18H21NO2/c1-4-20-17-5-6-18-15(10-17)11-19(12-21-18)16-8-13(2)7-14(3)9-16/h5-10H,4,11-12H2,1-3H3. The van der Waals surface area contributed by atoms with Crippen LogP contribution in [-0.4, -0.2) is 13.3 Å². The van der Waals surface area contributed by atoms with Gasteiger partial charge in [-0.05, 0) is 62.2 Å². The van der Waals surface area contributed by atoms with E-state index in [1.54, 1.807) is 0 Å². The quantitative estimate of drug-likeness (QED) is 0.848. The molecular formula is C18H21NO2.